The molecule has 2 N–H and O–H groups in total. The molecular formula is C23H30N2O3S. The first-order valence-corrected chi connectivity index (χ1v) is 11.9. The van der Waals surface area contributed by atoms with Crippen molar-refractivity contribution in [1.29, 1.82) is 0 Å². The Balaban J connectivity index is 1.65. The molecule has 6 heteroatoms. The van der Waals surface area contributed by atoms with Crippen LogP contribution >= 0.6 is 0 Å². The minimum Gasteiger partial charge on any atom is -0.482 e. The fraction of sp³-hybridized carbons (Fsp3) is 0.478. The quantitative estimate of drug-likeness (QED) is 0.791. The molecule has 0 amide bonds. The van der Waals surface area contributed by atoms with Gasteiger partial charge in [-0.05, 0) is 63.6 Å². The highest BCUT2D eigenvalue weighted by Gasteiger charge is 2.38. The highest BCUT2D eigenvalue weighted by atomic mass is 32.2. The van der Waals surface area contributed by atoms with E-state index in [1.807, 2.05) is 31.2 Å². The van der Waals surface area contributed by atoms with Crippen molar-refractivity contribution in [2.75, 3.05) is 13.1 Å². The first-order valence-electron chi connectivity index (χ1n) is 10.4. The number of nitrogens with one attached hydrogen (secondary N) is 2. The molecule has 5 nitrogen and oxygen atoms in total. The van der Waals surface area contributed by atoms with Crippen LogP contribution in [0.2, 0.25) is 0 Å². The van der Waals surface area contributed by atoms with Gasteiger partial charge in [-0.15, -0.1) is 0 Å². The lowest BCUT2D eigenvalue weighted by molar-refractivity contribution is 0.0817. The monoisotopic (exact) mass is 414 g/mol. The Labute approximate surface area is 174 Å². The highest BCUT2D eigenvalue weighted by molar-refractivity contribution is 7.90. The van der Waals surface area contributed by atoms with Crippen LogP contribution in [0.4, 0.5) is 0 Å². The molecule has 2 aliphatic heterocycles. The predicted molar refractivity (Wildman–Crippen MR) is 117 cm³/mol. The molecule has 1 aliphatic carbocycles. The molecule has 1 aromatic carbocycles. The van der Waals surface area contributed by atoms with Crippen LogP contribution in [0.25, 0.3) is 5.57 Å². The summed E-state index contributed by atoms with van der Waals surface area (Å²) in [5.74, 6) is 0.926. The van der Waals surface area contributed by atoms with E-state index in [2.05, 4.69) is 34.3 Å². The summed E-state index contributed by atoms with van der Waals surface area (Å²) >= 11 is 0. The fourth-order valence-electron chi connectivity index (χ4n) is 4.15. The second kappa shape index (κ2) is 7.42. The zero-order valence-electron chi connectivity index (χ0n) is 17.4. The summed E-state index contributed by atoms with van der Waals surface area (Å²) in [5.41, 5.74) is 2.52. The van der Waals surface area contributed by atoms with Crippen molar-refractivity contribution >= 4 is 15.6 Å². The van der Waals surface area contributed by atoms with E-state index in [1.165, 1.54) is 5.57 Å². The van der Waals surface area contributed by atoms with Crippen molar-refractivity contribution in [3.63, 3.8) is 0 Å². The van der Waals surface area contributed by atoms with Gasteiger partial charge in [0.25, 0.3) is 0 Å². The number of ether oxygens (including phenoxy) is 1. The molecule has 156 valence electrons. The Morgan fingerprint density at radius 2 is 1.90 bits per heavy atom. The summed E-state index contributed by atoms with van der Waals surface area (Å²) in [4.78, 5) is 0. The molecule has 0 bridgehead atoms. The van der Waals surface area contributed by atoms with Gasteiger partial charge in [0, 0.05) is 18.4 Å². The first kappa shape index (κ1) is 20.4. The maximum atomic E-state index is 12.4. The summed E-state index contributed by atoms with van der Waals surface area (Å²) in [5, 5.41) is 2.96. The van der Waals surface area contributed by atoms with E-state index in [1.54, 1.807) is 13.8 Å². The fourth-order valence-corrected chi connectivity index (χ4v) is 5.19. The third kappa shape index (κ3) is 4.06. The third-order valence-corrected chi connectivity index (χ3v) is 8.02. The molecule has 29 heavy (non-hydrogen) atoms. The van der Waals surface area contributed by atoms with E-state index in [0.717, 1.165) is 42.8 Å². The molecule has 1 saturated heterocycles. The molecule has 3 aliphatic rings. The van der Waals surface area contributed by atoms with Crippen molar-refractivity contribution in [1.82, 2.24) is 10.0 Å². The molecule has 2 heterocycles. The van der Waals surface area contributed by atoms with Crippen LogP contribution < -0.4 is 14.8 Å². The van der Waals surface area contributed by atoms with Crippen LogP contribution in [-0.2, 0) is 10.0 Å². The number of piperidine rings is 1. The number of allylic oxidation sites excluding steroid dienone is 3. The summed E-state index contributed by atoms with van der Waals surface area (Å²) in [6.07, 6.45) is 10.9. The third-order valence-electron chi connectivity index (χ3n) is 6.03. The molecule has 1 atom stereocenters. The number of para-hydroxylation sites is 1. The largest absolute Gasteiger partial charge is 0.482 e. The van der Waals surface area contributed by atoms with E-state index < -0.39 is 20.8 Å². The zero-order chi connectivity index (χ0) is 20.7. The van der Waals surface area contributed by atoms with E-state index in [-0.39, 0.29) is 5.60 Å². The Morgan fingerprint density at radius 1 is 1.17 bits per heavy atom. The van der Waals surface area contributed by atoms with Crippen molar-refractivity contribution in [2.45, 2.75) is 56.4 Å². The molecule has 1 unspecified atom stereocenters. The van der Waals surface area contributed by atoms with Gasteiger partial charge in [0.05, 0.1) is 10.8 Å². The molecule has 0 aromatic heterocycles. The SMILES string of the molecule is CC(C)S(=O)(=O)NC1(C)C=CC(C2=CC3(CCNCC3)Oc3ccccc32)=CC1. The number of hydrogen-bond acceptors (Lipinski definition) is 4. The highest BCUT2D eigenvalue weighted by Crippen LogP contribution is 2.43. The van der Waals surface area contributed by atoms with Gasteiger partial charge < -0.3 is 10.1 Å². The van der Waals surface area contributed by atoms with Crippen LogP contribution in [0.1, 0.15) is 45.6 Å². The van der Waals surface area contributed by atoms with Crippen molar-refractivity contribution < 1.29 is 13.2 Å². The van der Waals surface area contributed by atoms with Crippen LogP contribution in [0.5, 0.6) is 5.75 Å². The molecule has 1 fully saturated rings. The molecular weight excluding hydrogens is 384 g/mol. The molecule has 4 rings (SSSR count). The lowest BCUT2D eigenvalue weighted by Crippen LogP contribution is -2.47. The van der Waals surface area contributed by atoms with Gasteiger partial charge >= 0.3 is 0 Å². The summed E-state index contributed by atoms with van der Waals surface area (Å²) < 4.78 is 34.0. The molecule has 1 aromatic rings. The van der Waals surface area contributed by atoms with Gasteiger partial charge in [0.15, 0.2) is 0 Å². The maximum absolute atomic E-state index is 12.4. The van der Waals surface area contributed by atoms with E-state index in [9.17, 15) is 8.42 Å². The smallest absolute Gasteiger partial charge is 0.214 e. The summed E-state index contributed by atoms with van der Waals surface area (Å²) in [6.45, 7) is 7.20. The zero-order valence-corrected chi connectivity index (χ0v) is 18.2. The topological polar surface area (TPSA) is 67.4 Å². The van der Waals surface area contributed by atoms with E-state index in [0.29, 0.717) is 6.42 Å². The number of sulfonamides is 1. The maximum Gasteiger partial charge on any atom is 0.214 e. The van der Waals surface area contributed by atoms with Gasteiger partial charge in [-0.25, -0.2) is 13.1 Å². The van der Waals surface area contributed by atoms with Crippen LogP contribution in [0.15, 0.2) is 54.1 Å². The summed E-state index contributed by atoms with van der Waals surface area (Å²) in [6, 6.07) is 8.18. The predicted octanol–water partition coefficient (Wildman–Crippen LogP) is 3.56. The minimum atomic E-state index is -3.34. The normalized spacial score (nSPS) is 25.9. The van der Waals surface area contributed by atoms with Crippen molar-refractivity contribution in [3.05, 3.63) is 59.7 Å². The first-order chi connectivity index (χ1) is 13.7. The van der Waals surface area contributed by atoms with Crippen LogP contribution in [-0.4, -0.2) is 37.9 Å². The van der Waals surface area contributed by atoms with E-state index >= 15 is 0 Å². The second-order valence-electron chi connectivity index (χ2n) is 8.78. The van der Waals surface area contributed by atoms with Gasteiger partial charge in [-0.1, -0.05) is 36.4 Å². The Morgan fingerprint density at radius 3 is 2.55 bits per heavy atom. The lowest BCUT2D eigenvalue weighted by atomic mass is 9.80. The van der Waals surface area contributed by atoms with Gasteiger partial charge in [-0.3, -0.25) is 0 Å². The van der Waals surface area contributed by atoms with Crippen LogP contribution in [0, 0.1) is 0 Å². The number of fused-ring (bicyclic) bond motifs is 1. The van der Waals surface area contributed by atoms with Crippen molar-refractivity contribution in [2.24, 2.45) is 0 Å². The average Bonchev–Trinajstić information content (AvgIpc) is 2.68. The molecule has 0 radical (unpaired) electrons. The number of benzene rings is 1. The summed E-state index contributed by atoms with van der Waals surface area (Å²) in [7, 11) is -3.34. The Kier molecular flexibility index (Phi) is 5.21. The lowest BCUT2D eigenvalue weighted by Gasteiger charge is -2.40. The van der Waals surface area contributed by atoms with Gasteiger partial charge in [0.2, 0.25) is 10.0 Å². The van der Waals surface area contributed by atoms with Gasteiger partial charge in [-0.2, -0.15) is 0 Å². The Bertz CT molecular complexity index is 985. The molecule has 0 saturated carbocycles. The average molecular weight is 415 g/mol. The number of hydrogen-bond donors (Lipinski definition) is 2. The van der Waals surface area contributed by atoms with Crippen molar-refractivity contribution in [3.8, 4) is 5.75 Å². The number of rotatable bonds is 4. The molecule has 1 spiro atoms. The minimum absolute atomic E-state index is 0.274. The Hall–Kier alpha value is -1.89. The van der Waals surface area contributed by atoms with Gasteiger partial charge in [0.1, 0.15) is 11.4 Å². The van der Waals surface area contributed by atoms with E-state index in [4.69, 9.17) is 4.74 Å². The second-order valence-corrected chi connectivity index (χ2v) is 11.0. The standard InChI is InChI=1S/C23H30N2O3S/c1-17(2)29(26,27)25-22(3)10-8-18(9-11-22)20-16-23(12-14-24-15-13-23)28-21-7-5-4-6-19(20)21/h4-10,16-17,24-25H,11-15H2,1-3H3. The van der Waals surface area contributed by atoms with Crippen LogP contribution in [0.3, 0.4) is 0 Å².